The Balaban J connectivity index is 1.14. The van der Waals surface area contributed by atoms with E-state index in [1.54, 1.807) is 39.8 Å². The van der Waals surface area contributed by atoms with Crippen LogP contribution >= 0.6 is 0 Å². The molecule has 0 bridgehead atoms. The number of aliphatic carboxylic acids is 1. The summed E-state index contributed by atoms with van der Waals surface area (Å²) >= 11 is 0. The second-order valence-corrected chi connectivity index (χ2v) is 25.7. The van der Waals surface area contributed by atoms with Crippen LogP contribution < -0.4 is 0 Å². The van der Waals surface area contributed by atoms with Gasteiger partial charge in [0.2, 0.25) is 0 Å². The average Bonchev–Trinajstić information content (AvgIpc) is 2.69. The largest absolute Gasteiger partial charge is 0.479 e. The fourth-order valence-electron chi connectivity index (χ4n) is 16.2. The number of esters is 2. The molecule has 0 radical (unpaired) electrons. The molecule has 79 heavy (non-hydrogen) atoms. The van der Waals surface area contributed by atoms with Crippen LogP contribution in [0.2, 0.25) is 0 Å². The highest BCUT2D eigenvalue weighted by Gasteiger charge is 2.74. The van der Waals surface area contributed by atoms with Gasteiger partial charge in [-0.25, -0.2) is 14.4 Å². The number of carboxylic acid groups (broad SMARTS) is 1. The smallest absolute Gasteiger partial charge is 0.335 e. The molecule has 8 aliphatic rings. The number of hydrogen-bond acceptors (Lipinski definition) is 21. The number of hydrogen-bond donors (Lipinski definition) is 11. The molecule has 11 N–H and O–H groups in total. The monoisotopic (exact) mass is 1120 g/mol. The highest BCUT2D eigenvalue weighted by atomic mass is 16.8. The first-order valence-electron chi connectivity index (χ1n) is 28.1. The van der Waals surface area contributed by atoms with Crippen LogP contribution in [0.4, 0.5) is 0 Å². The van der Waals surface area contributed by atoms with Gasteiger partial charge in [0, 0.05) is 28.4 Å². The van der Waals surface area contributed by atoms with Crippen molar-refractivity contribution in [3.63, 3.8) is 0 Å². The van der Waals surface area contributed by atoms with Crippen molar-refractivity contribution in [3.05, 3.63) is 34.9 Å². The standard InChI is InChI=1S/C57H88O22/c1-11-26(3)47(70)78-44-45(79-48(71)27(4)12-2)57(25-61)30(20-52(44,5)6)29-13-14-34-53(7)17-16-36(54(8,24-60)33(53)15-18-55(34,9)56(29,10)21-35(57)63)74-51-43(77-50-39(66)38(65)37(64)32(23-59)73-50)41(40(67)42(76-51)46(68)69)75-49-31(62)19-28(22-58)72-49/h11-13,28,30-45,49-51,58-67H,14-25H2,1-10H3,(H,68,69)/b26-11-,27-12-/t28-,30?,31+,32?,33?,34?,35-,36+,37-,38?,39+,40+,41?,42?,43+,44+,45+,49+,50+,51-,53+,54-,55-,56-,57+/m1/s1. The second kappa shape index (κ2) is 22.9. The van der Waals surface area contributed by atoms with Crippen molar-refractivity contribution in [2.24, 2.45) is 50.2 Å². The Hall–Kier alpha value is -3.01. The van der Waals surface area contributed by atoms with Crippen LogP contribution in [-0.4, -0.2) is 205 Å². The molecule has 3 heterocycles. The summed E-state index contributed by atoms with van der Waals surface area (Å²) in [4.78, 5) is 40.3. The molecule has 7 fully saturated rings. The van der Waals surface area contributed by atoms with E-state index >= 15 is 0 Å². The number of ether oxygens (including phenoxy) is 8. The summed E-state index contributed by atoms with van der Waals surface area (Å²) in [6, 6.07) is 0. The van der Waals surface area contributed by atoms with Crippen LogP contribution in [-0.2, 0) is 52.3 Å². The average molecular weight is 1130 g/mol. The lowest BCUT2D eigenvalue weighted by Gasteiger charge is -2.72. The van der Waals surface area contributed by atoms with Gasteiger partial charge in [-0.1, -0.05) is 65.3 Å². The predicted molar refractivity (Wildman–Crippen MR) is 275 cm³/mol. The fourth-order valence-corrected chi connectivity index (χ4v) is 16.2. The zero-order valence-corrected chi connectivity index (χ0v) is 47.2. The van der Waals surface area contributed by atoms with E-state index in [-0.39, 0.29) is 31.1 Å². The fraction of sp³-hybridized carbons (Fsp3) is 0.842. The molecular formula is C57H88O22. The number of allylic oxidation sites excluding steroid dienone is 4. The second-order valence-electron chi connectivity index (χ2n) is 25.7. The minimum atomic E-state index is -2.06. The Morgan fingerprint density at radius 1 is 0.684 bits per heavy atom. The number of fused-ring (bicyclic) bond motifs is 7. The van der Waals surface area contributed by atoms with Crippen LogP contribution in [0.25, 0.3) is 0 Å². The Labute approximate surface area is 461 Å². The molecule has 22 nitrogen and oxygen atoms in total. The van der Waals surface area contributed by atoms with Gasteiger partial charge in [-0.05, 0) is 107 Å². The van der Waals surface area contributed by atoms with E-state index in [9.17, 15) is 70.6 Å². The molecule has 448 valence electrons. The van der Waals surface area contributed by atoms with Crippen molar-refractivity contribution < 1.29 is 108 Å². The van der Waals surface area contributed by atoms with E-state index < -0.39 is 187 Å². The Morgan fingerprint density at radius 2 is 1.32 bits per heavy atom. The molecule has 0 aromatic heterocycles. The van der Waals surface area contributed by atoms with E-state index in [4.69, 9.17) is 37.9 Å². The lowest BCUT2D eigenvalue weighted by Crippen LogP contribution is -2.72. The lowest BCUT2D eigenvalue weighted by atomic mass is 9.33. The molecule has 8 rings (SSSR count). The molecule has 0 amide bonds. The normalized spacial score (nSPS) is 48.8. The number of carboxylic acids is 1. The van der Waals surface area contributed by atoms with Gasteiger partial charge in [0.15, 0.2) is 31.1 Å². The SMILES string of the molecule is C/C=C(/C)C(=O)O[C@H]1[C@H](OC(=O)/C(C)=C\C)[C@@]2(CO)C(CC1(C)C)C1=CCC3[C@@]4(C)CC[C@H](O[C@@H]5OC(C(=O)O)[C@@H](O)C(O[C@@H]6O[C@@H](CO)C[C@@H]6O)[C@@H]5O[C@@H]5OC(CO)[C@@H](O)C(O)[C@@H]5O)[C@](C)(CO)C4CC[C@@]3(C)[C@]1(C)C[C@H]2O. The highest BCUT2D eigenvalue weighted by molar-refractivity contribution is 5.89. The zero-order chi connectivity index (χ0) is 58.3. The van der Waals surface area contributed by atoms with Gasteiger partial charge in [-0.15, -0.1) is 0 Å². The summed E-state index contributed by atoms with van der Waals surface area (Å²) in [6.45, 7) is 16.8. The van der Waals surface area contributed by atoms with Crippen molar-refractivity contribution in [2.45, 2.75) is 225 Å². The molecule has 5 aliphatic carbocycles. The maximum Gasteiger partial charge on any atom is 0.335 e. The molecule has 0 spiro atoms. The predicted octanol–water partition coefficient (Wildman–Crippen LogP) is 1.29. The van der Waals surface area contributed by atoms with Crippen LogP contribution in [0, 0.1) is 50.2 Å². The van der Waals surface area contributed by atoms with E-state index in [1.165, 1.54) is 0 Å². The third kappa shape index (κ3) is 10.1. The van der Waals surface area contributed by atoms with Gasteiger partial charge in [0.05, 0.1) is 50.2 Å². The zero-order valence-electron chi connectivity index (χ0n) is 47.2. The highest BCUT2D eigenvalue weighted by Crippen LogP contribution is 2.76. The minimum absolute atomic E-state index is 0.0636. The maximum absolute atomic E-state index is 13.8. The van der Waals surface area contributed by atoms with Crippen LogP contribution in [0.1, 0.15) is 121 Å². The first kappa shape index (κ1) is 62.0. The minimum Gasteiger partial charge on any atom is -0.479 e. The Kier molecular flexibility index (Phi) is 18.0. The van der Waals surface area contributed by atoms with Crippen molar-refractivity contribution >= 4 is 17.9 Å². The van der Waals surface area contributed by atoms with Gasteiger partial charge < -0.3 is 94.1 Å². The summed E-state index contributed by atoms with van der Waals surface area (Å²) in [5.41, 5.74) is -3.40. The maximum atomic E-state index is 13.8. The summed E-state index contributed by atoms with van der Waals surface area (Å²) < 4.78 is 49.4. The van der Waals surface area contributed by atoms with Gasteiger partial charge in [-0.2, -0.15) is 0 Å². The first-order chi connectivity index (χ1) is 37.0. The van der Waals surface area contributed by atoms with E-state index in [0.717, 1.165) is 5.57 Å². The third-order valence-corrected chi connectivity index (χ3v) is 21.2. The molecule has 22 heteroatoms. The number of carbonyl (C=O) groups excluding carboxylic acids is 2. The van der Waals surface area contributed by atoms with Gasteiger partial charge in [0.1, 0.15) is 54.9 Å². The number of carbonyl (C=O) groups is 3. The van der Waals surface area contributed by atoms with Crippen molar-refractivity contribution in [3.8, 4) is 0 Å². The Morgan fingerprint density at radius 3 is 1.89 bits per heavy atom. The summed E-state index contributed by atoms with van der Waals surface area (Å²) in [5.74, 6) is -3.74. The number of aliphatic hydroxyl groups excluding tert-OH is 10. The summed E-state index contributed by atoms with van der Waals surface area (Å²) in [7, 11) is 0. The van der Waals surface area contributed by atoms with Crippen molar-refractivity contribution in [2.75, 3.05) is 26.4 Å². The molecule has 4 saturated carbocycles. The molecule has 0 aromatic rings. The van der Waals surface area contributed by atoms with Gasteiger partial charge >= 0.3 is 17.9 Å². The topological polar surface area (TPSA) is 348 Å². The summed E-state index contributed by atoms with van der Waals surface area (Å²) in [6.07, 6.45) is -18.2. The number of rotatable bonds is 15. The molecule has 25 atom stereocenters. The van der Waals surface area contributed by atoms with Crippen LogP contribution in [0.3, 0.4) is 0 Å². The molecule has 0 aromatic carbocycles. The number of aliphatic hydroxyl groups is 10. The van der Waals surface area contributed by atoms with E-state index in [2.05, 4.69) is 26.8 Å². The first-order valence-corrected chi connectivity index (χ1v) is 28.1. The van der Waals surface area contributed by atoms with Crippen LogP contribution in [0.5, 0.6) is 0 Å². The quantitative estimate of drug-likeness (QED) is 0.0476. The molecular weight excluding hydrogens is 1040 g/mol. The van der Waals surface area contributed by atoms with E-state index in [1.807, 2.05) is 20.8 Å². The third-order valence-electron chi connectivity index (χ3n) is 21.2. The van der Waals surface area contributed by atoms with Crippen molar-refractivity contribution in [1.82, 2.24) is 0 Å². The Bertz CT molecular complexity index is 2340. The lowest BCUT2D eigenvalue weighted by molar-refractivity contribution is -0.387. The summed E-state index contributed by atoms with van der Waals surface area (Å²) in [5, 5.41) is 122. The van der Waals surface area contributed by atoms with Crippen molar-refractivity contribution in [1.29, 1.82) is 0 Å². The molecule has 3 saturated heterocycles. The van der Waals surface area contributed by atoms with Gasteiger partial charge in [0.25, 0.3) is 0 Å². The molecule has 3 aliphatic heterocycles. The van der Waals surface area contributed by atoms with Crippen LogP contribution in [0.15, 0.2) is 34.9 Å². The van der Waals surface area contributed by atoms with E-state index in [0.29, 0.717) is 43.3 Å². The van der Waals surface area contributed by atoms with Gasteiger partial charge in [-0.3, -0.25) is 0 Å². The molecule has 7 unspecified atom stereocenters.